The summed E-state index contributed by atoms with van der Waals surface area (Å²) in [5.74, 6) is -1.46. The van der Waals surface area contributed by atoms with Crippen molar-refractivity contribution in [1.29, 1.82) is 0 Å². The van der Waals surface area contributed by atoms with Crippen LogP contribution in [0.5, 0.6) is 0 Å². The molecule has 2 amide bonds. The Labute approximate surface area is 176 Å². The molecule has 0 saturated carbocycles. The summed E-state index contributed by atoms with van der Waals surface area (Å²) >= 11 is 0. The zero-order chi connectivity index (χ0) is 21.3. The molecule has 5 heteroatoms. The summed E-state index contributed by atoms with van der Waals surface area (Å²) in [5.41, 5.74) is 2.27. The Morgan fingerprint density at radius 3 is 1.61 bits per heavy atom. The van der Waals surface area contributed by atoms with Crippen LogP contribution in [0, 0.1) is 0 Å². The van der Waals surface area contributed by atoms with Crippen molar-refractivity contribution < 1.29 is 19.2 Å². The van der Waals surface area contributed by atoms with E-state index in [0.29, 0.717) is 27.6 Å². The van der Waals surface area contributed by atoms with Gasteiger partial charge in [0.05, 0.1) is 5.69 Å². The molecule has 146 valence electrons. The van der Waals surface area contributed by atoms with Crippen LogP contribution in [0.3, 0.4) is 0 Å². The third kappa shape index (κ3) is 2.25. The summed E-state index contributed by atoms with van der Waals surface area (Å²) in [6, 6.07) is 21.8. The Hall–Kier alpha value is -4.38. The van der Waals surface area contributed by atoms with Crippen molar-refractivity contribution >= 4 is 39.8 Å². The van der Waals surface area contributed by atoms with Crippen LogP contribution in [-0.4, -0.2) is 23.4 Å². The molecule has 4 aromatic rings. The molecule has 0 spiro atoms. The van der Waals surface area contributed by atoms with Crippen molar-refractivity contribution in [2.45, 2.75) is 0 Å². The number of imide groups is 1. The molecule has 1 aliphatic heterocycles. The van der Waals surface area contributed by atoms with Crippen molar-refractivity contribution in [2.75, 3.05) is 4.90 Å². The van der Waals surface area contributed by atoms with Crippen molar-refractivity contribution in [3.8, 4) is 0 Å². The highest BCUT2D eigenvalue weighted by Gasteiger charge is 2.36. The Kier molecular flexibility index (Phi) is 3.42. The third-order valence-corrected chi connectivity index (χ3v) is 5.94. The molecule has 0 unspecified atom stereocenters. The minimum Gasteiger partial charge on any atom is -0.289 e. The lowest BCUT2D eigenvalue weighted by molar-refractivity contribution is 0.0892. The van der Waals surface area contributed by atoms with Gasteiger partial charge in [0.1, 0.15) is 0 Å². The van der Waals surface area contributed by atoms with E-state index >= 15 is 0 Å². The monoisotopic (exact) mass is 403 g/mol. The van der Waals surface area contributed by atoms with Gasteiger partial charge in [0.15, 0.2) is 11.6 Å². The summed E-state index contributed by atoms with van der Waals surface area (Å²) in [7, 11) is 0. The fraction of sp³-hybridized carbons (Fsp3) is 0. The van der Waals surface area contributed by atoms with Crippen LogP contribution < -0.4 is 4.90 Å². The Morgan fingerprint density at radius 2 is 1.00 bits per heavy atom. The van der Waals surface area contributed by atoms with E-state index in [2.05, 4.69) is 0 Å². The molecular weight excluding hydrogens is 390 g/mol. The van der Waals surface area contributed by atoms with Gasteiger partial charge >= 0.3 is 0 Å². The number of fused-ring (bicyclic) bond motifs is 2. The zero-order valence-corrected chi connectivity index (χ0v) is 16.1. The quantitative estimate of drug-likeness (QED) is 0.389. The maximum atomic E-state index is 13.3. The molecular formula is C26H13NO4. The summed E-state index contributed by atoms with van der Waals surface area (Å²) in [4.78, 5) is 53.6. The third-order valence-electron chi connectivity index (χ3n) is 5.94. The molecule has 1 heterocycles. The average molecular weight is 403 g/mol. The average Bonchev–Trinajstić information content (AvgIpc) is 2.81. The summed E-state index contributed by atoms with van der Waals surface area (Å²) < 4.78 is 0. The van der Waals surface area contributed by atoms with E-state index in [1.54, 1.807) is 54.6 Å². The smallest absolute Gasteiger partial charge is 0.265 e. The second kappa shape index (κ2) is 6.06. The van der Waals surface area contributed by atoms with Crippen LogP contribution >= 0.6 is 0 Å². The molecule has 0 saturated heterocycles. The first-order chi connectivity index (χ1) is 15.1. The standard InChI is InChI=1S/C26H13NO4/c28-23-16-7-1-2-8-17(16)24(29)21-13-15(11-12-18(21)23)27-25(30)19-9-3-5-14-6-4-10-20(22(14)19)26(27)31/h1-13H. The van der Waals surface area contributed by atoms with E-state index in [-0.39, 0.29) is 28.4 Å². The predicted molar refractivity (Wildman–Crippen MR) is 115 cm³/mol. The number of anilines is 1. The van der Waals surface area contributed by atoms with Gasteiger partial charge < -0.3 is 0 Å². The second-order valence-electron chi connectivity index (χ2n) is 7.59. The van der Waals surface area contributed by atoms with Gasteiger partial charge in [-0.05, 0) is 35.7 Å². The van der Waals surface area contributed by atoms with Crippen LogP contribution in [0.4, 0.5) is 5.69 Å². The molecule has 0 bridgehead atoms. The van der Waals surface area contributed by atoms with Crippen LogP contribution in [0.25, 0.3) is 10.8 Å². The van der Waals surface area contributed by atoms with E-state index < -0.39 is 11.8 Å². The SMILES string of the molecule is O=C1c2ccccc2C(=O)c2cc(N3C(=O)c4cccc5cccc(c45)C3=O)ccc21. The van der Waals surface area contributed by atoms with E-state index in [1.807, 2.05) is 12.1 Å². The number of benzene rings is 4. The lowest BCUT2D eigenvalue weighted by atomic mass is 9.83. The molecule has 0 atom stereocenters. The largest absolute Gasteiger partial charge is 0.289 e. The van der Waals surface area contributed by atoms with Crippen LogP contribution in [0.2, 0.25) is 0 Å². The number of carbonyl (C=O) groups excluding carboxylic acids is 4. The van der Waals surface area contributed by atoms with Gasteiger partial charge in [0.2, 0.25) is 0 Å². The number of amides is 2. The van der Waals surface area contributed by atoms with Crippen molar-refractivity contribution in [3.05, 3.63) is 112 Å². The minimum atomic E-state index is -0.454. The Morgan fingerprint density at radius 1 is 0.484 bits per heavy atom. The van der Waals surface area contributed by atoms with E-state index in [9.17, 15) is 19.2 Å². The summed E-state index contributed by atoms with van der Waals surface area (Å²) in [5, 5.41) is 1.45. The fourth-order valence-electron chi connectivity index (χ4n) is 4.49. The number of hydrogen-bond acceptors (Lipinski definition) is 4. The Bertz CT molecular complexity index is 1460. The summed E-state index contributed by atoms with van der Waals surface area (Å²) in [6.07, 6.45) is 0. The number of nitrogens with zero attached hydrogens (tertiary/aromatic N) is 1. The number of carbonyl (C=O) groups is 4. The minimum absolute atomic E-state index is 0.193. The van der Waals surface area contributed by atoms with Crippen molar-refractivity contribution in [2.24, 2.45) is 0 Å². The number of rotatable bonds is 1. The van der Waals surface area contributed by atoms with E-state index in [4.69, 9.17) is 0 Å². The topological polar surface area (TPSA) is 71.5 Å². The first-order valence-corrected chi connectivity index (χ1v) is 9.79. The summed E-state index contributed by atoms with van der Waals surface area (Å²) in [6.45, 7) is 0. The van der Waals surface area contributed by atoms with Gasteiger partial charge in [-0.15, -0.1) is 0 Å². The van der Waals surface area contributed by atoms with Gasteiger partial charge in [-0.1, -0.05) is 48.5 Å². The zero-order valence-electron chi connectivity index (χ0n) is 16.1. The number of hydrogen-bond donors (Lipinski definition) is 0. The van der Waals surface area contributed by atoms with Crippen LogP contribution in [0.1, 0.15) is 52.6 Å². The molecule has 0 radical (unpaired) electrons. The van der Waals surface area contributed by atoms with Gasteiger partial charge in [-0.3, -0.25) is 19.2 Å². The van der Waals surface area contributed by atoms with E-state index in [1.165, 1.54) is 12.1 Å². The van der Waals surface area contributed by atoms with Crippen molar-refractivity contribution in [3.63, 3.8) is 0 Å². The van der Waals surface area contributed by atoms with E-state index in [0.717, 1.165) is 10.3 Å². The van der Waals surface area contributed by atoms with Gasteiger partial charge in [0.25, 0.3) is 11.8 Å². The molecule has 0 N–H and O–H groups in total. The van der Waals surface area contributed by atoms with Gasteiger partial charge in [0, 0.05) is 38.8 Å². The lowest BCUT2D eigenvalue weighted by Crippen LogP contribution is -2.40. The normalized spacial score (nSPS) is 14.6. The number of ketones is 2. The fourth-order valence-corrected chi connectivity index (χ4v) is 4.49. The Balaban J connectivity index is 1.52. The second-order valence-corrected chi connectivity index (χ2v) is 7.59. The van der Waals surface area contributed by atoms with Gasteiger partial charge in [-0.2, -0.15) is 0 Å². The molecule has 0 aromatic heterocycles. The first-order valence-electron chi connectivity index (χ1n) is 9.79. The molecule has 31 heavy (non-hydrogen) atoms. The molecule has 4 aromatic carbocycles. The maximum absolute atomic E-state index is 13.3. The van der Waals surface area contributed by atoms with Crippen LogP contribution in [-0.2, 0) is 0 Å². The highest BCUT2D eigenvalue weighted by molar-refractivity contribution is 6.36. The predicted octanol–water partition coefficient (Wildman–Crippen LogP) is 4.42. The highest BCUT2D eigenvalue weighted by atomic mass is 16.2. The first kappa shape index (κ1) is 17.5. The van der Waals surface area contributed by atoms with Gasteiger partial charge in [-0.25, -0.2) is 4.90 Å². The molecule has 1 aliphatic carbocycles. The highest BCUT2D eigenvalue weighted by Crippen LogP contribution is 2.35. The van der Waals surface area contributed by atoms with Crippen LogP contribution in [0.15, 0.2) is 78.9 Å². The molecule has 5 nitrogen and oxygen atoms in total. The molecule has 6 rings (SSSR count). The lowest BCUT2D eigenvalue weighted by Gasteiger charge is -2.28. The molecule has 0 fully saturated rings. The maximum Gasteiger partial charge on any atom is 0.265 e. The van der Waals surface area contributed by atoms with Crippen molar-refractivity contribution in [1.82, 2.24) is 0 Å². The molecule has 2 aliphatic rings.